The molecule has 1 aliphatic heterocycles. The van der Waals surface area contributed by atoms with Crippen molar-refractivity contribution < 1.29 is 5.11 Å². The van der Waals surface area contributed by atoms with Gasteiger partial charge in [0, 0.05) is 24.2 Å². The molecule has 2 aromatic rings. The predicted molar refractivity (Wildman–Crippen MR) is 99.7 cm³/mol. The quantitative estimate of drug-likeness (QED) is 0.756. The summed E-state index contributed by atoms with van der Waals surface area (Å²) >= 11 is 12.4. The molecule has 0 bridgehead atoms. The molecule has 1 saturated carbocycles. The monoisotopic (exact) mass is 379 g/mol. The van der Waals surface area contributed by atoms with Gasteiger partial charge in [-0.1, -0.05) is 35.3 Å². The molecular formula is C17H19Cl2N5O. The van der Waals surface area contributed by atoms with Crippen LogP contribution in [-0.2, 0) is 6.61 Å². The van der Waals surface area contributed by atoms with E-state index >= 15 is 0 Å². The average molecular weight is 380 g/mol. The zero-order valence-corrected chi connectivity index (χ0v) is 15.1. The summed E-state index contributed by atoms with van der Waals surface area (Å²) in [6.45, 7) is 1.36. The molecule has 6 nitrogen and oxygen atoms in total. The second-order valence-electron chi connectivity index (χ2n) is 6.82. The summed E-state index contributed by atoms with van der Waals surface area (Å²) < 4.78 is 0. The molecule has 1 aliphatic carbocycles. The summed E-state index contributed by atoms with van der Waals surface area (Å²) in [5.74, 6) is 1.35. The summed E-state index contributed by atoms with van der Waals surface area (Å²) in [7, 11) is 0. The number of piperidine rings is 1. The number of halogens is 2. The Morgan fingerprint density at radius 3 is 2.84 bits per heavy atom. The van der Waals surface area contributed by atoms with Gasteiger partial charge in [-0.15, -0.1) is 0 Å². The van der Waals surface area contributed by atoms with Crippen LogP contribution in [0.1, 0.15) is 18.5 Å². The Morgan fingerprint density at radius 1 is 1.32 bits per heavy atom. The van der Waals surface area contributed by atoms with Crippen LogP contribution >= 0.6 is 23.2 Å². The lowest BCUT2D eigenvalue weighted by molar-refractivity contribution is 0.276. The molecule has 25 heavy (non-hydrogen) atoms. The third-order valence-electron chi connectivity index (χ3n) is 5.20. The molecule has 1 saturated heterocycles. The molecule has 0 spiro atoms. The Bertz CT molecular complexity index is 846. The largest absolute Gasteiger partial charge is 0.390 e. The zero-order valence-electron chi connectivity index (χ0n) is 13.5. The highest BCUT2D eigenvalue weighted by Gasteiger charge is 2.54. The van der Waals surface area contributed by atoms with E-state index < -0.39 is 0 Å². The van der Waals surface area contributed by atoms with Crippen LogP contribution in [0.25, 0.3) is 11.3 Å². The third kappa shape index (κ3) is 2.83. The summed E-state index contributed by atoms with van der Waals surface area (Å²) in [5.41, 5.74) is 13.9. The molecule has 132 valence electrons. The number of fused-ring (bicyclic) bond motifs is 1. The van der Waals surface area contributed by atoms with Crippen LogP contribution in [0.3, 0.4) is 0 Å². The van der Waals surface area contributed by atoms with Gasteiger partial charge in [0.1, 0.15) is 11.4 Å². The first kappa shape index (κ1) is 16.8. The summed E-state index contributed by atoms with van der Waals surface area (Å²) in [6, 6.07) is 5.25. The lowest BCUT2D eigenvalue weighted by Crippen LogP contribution is -2.42. The van der Waals surface area contributed by atoms with Gasteiger partial charge < -0.3 is 21.5 Å². The number of nitrogens with two attached hydrogens (primary N) is 2. The fourth-order valence-corrected chi connectivity index (χ4v) is 3.95. The Balaban J connectivity index is 1.73. The number of nitrogens with zero attached hydrogens (tertiary/aromatic N) is 3. The van der Waals surface area contributed by atoms with E-state index in [4.69, 9.17) is 34.7 Å². The van der Waals surface area contributed by atoms with Gasteiger partial charge in [0.2, 0.25) is 0 Å². The molecule has 2 atom stereocenters. The minimum atomic E-state index is -0.233. The topological polar surface area (TPSA) is 101 Å². The number of benzene rings is 1. The van der Waals surface area contributed by atoms with Gasteiger partial charge in [-0.2, -0.15) is 0 Å². The van der Waals surface area contributed by atoms with Crippen molar-refractivity contribution in [1.82, 2.24) is 9.97 Å². The van der Waals surface area contributed by atoms with Gasteiger partial charge in [0.05, 0.1) is 16.7 Å². The van der Waals surface area contributed by atoms with Crippen molar-refractivity contribution >= 4 is 34.8 Å². The van der Waals surface area contributed by atoms with Crippen molar-refractivity contribution in [1.29, 1.82) is 0 Å². The summed E-state index contributed by atoms with van der Waals surface area (Å²) in [6.07, 6.45) is 1.95. The molecule has 2 fully saturated rings. The molecule has 8 heteroatoms. The average Bonchev–Trinajstić information content (AvgIpc) is 3.28. The zero-order chi connectivity index (χ0) is 17.8. The molecular weight excluding hydrogens is 361 g/mol. The molecule has 1 aromatic heterocycles. The van der Waals surface area contributed by atoms with Crippen molar-refractivity contribution in [2.24, 2.45) is 11.7 Å². The summed E-state index contributed by atoms with van der Waals surface area (Å²) in [4.78, 5) is 11.2. The van der Waals surface area contributed by atoms with E-state index in [0.29, 0.717) is 38.7 Å². The van der Waals surface area contributed by atoms with E-state index in [1.54, 1.807) is 18.2 Å². The predicted octanol–water partition coefficient (Wildman–Crippen LogP) is 2.45. The molecule has 0 radical (unpaired) electrons. The highest BCUT2D eigenvalue weighted by Crippen LogP contribution is 2.48. The second kappa shape index (κ2) is 5.99. The van der Waals surface area contributed by atoms with Gasteiger partial charge in [-0.3, -0.25) is 0 Å². The van der Waals surface area contributed by atoms with Crippen molar-refractivity contribution in [2.75, 3.05) is 23.7 Å². The number of aliphatic hydroxyl groups excluding tert-OH is 1. The van der Waals surface area contributed by atoms with E-state index in [-0.39, 0.29) is 18.0 Å². The van der Waals surface area contributed by atoms with Gasteiger partial charge in [0.25, 0.3) is 0 Å². The van der Waals surface area contributed by atoms with Crippen LogP contribution in [-0.4, -0.2) is 33.7 Å². The number of aromatic nitrogens is 2. The third-order valence-corrected chi connectivity index (χ3v) is 6.02. The summed E-state index contributed by atoms with van der Waals surface area (Å²) in [5, 5.41) is 10.6. The van der Waals surface area contributed by atoms with Crippen molar-refractivity contribution in [3.63, 3.8) is 0 Å². The van der Waals surface area contributed by atoms with Crippen molar-refractivity contribution in [2.45, 2.75) is 25.0 Å². The van der Waals surface area contributed by atoms with Crippen molar-refractivity contribution in [3.05, 3.63) is 33.9 Å². The molecule has 2 unspecified atom stereocenters. The van der Waals surface area contributed by atoms with Crippen LogP contribution in [0.4, 0.5) is 11.6 Å². The number of hydrogen-bond acceptors (Lipinski definition) is 6. The second-order valence-corrected chi connectivity index (χ2v) is 7.60. The highest BCUT2D eigenvalue weighted by molar-refractivity contribution is 6.43. The normalized spacial score (nSPS) is 25.0. The first-order valence-corrected chi connectivity index (χ1v) is 8.94. The van der Waals surface area contributed by atoms with Gasteiger partial charge in [0.15, 0.2) is 11.6 Å². The van der Waals surface area contributed by atoms with E-state index in [9.17, 15) is 5.11 Å². The minimum absolute atomic E-state index is 0.0108. The Labute approximate surface area is 155 Å². The maximum Gasteiger partial charge on any atom is 0.155 e. The van der Waals surface area contributed by atoms with Crippen molar-refractivity contribution in [3.8, 4) is 11.3 Å². The molecule has 4 rings (SSSR count). The van der Waals surface area contributed by atoms with Crippen LogP contribution < -0.4 is 16.4 Å². The minimum Gasteiger partial charge on any atom is -0.390 e. The smallest absolute Gasteiger partial charge is 0.155 e. The van der Waals surface area contributed by atoms with Crippen LogP contribution in [0, 0.1) is 5.92 Å². The van der Waals surface area contributed by atoms with E-state index in [2.05, 4.69) is 14.9 Å². The van der Waals surface area contributed by atoms with Crippen LogP contribution in [0.2, 0.25) is 10.0 Å². The number of hydrogen-bond donors (Lipinski definition) is 3. The fourth-order valence-electron chi connectivity index (χ4n) is 3.56. The Hall–Kier alpha value is -1.60. The number of rotatable bonds is 3. The molecule has 0 amide bonds. The Morgan fingerprint density at radius 2 is 2.12 bits per heavy atom. The van der Waals surface area contributed by atoms with Gasteiger partial charge in [-0.25, -0.2) is 9.97 Å². The molecule has 5 N–H and O–H groups in total. The first-order valence-electron chi connectivity index (χ1n) is 8.18. The number of nitrogen functional groups attached to an aromatic ring is 1. The highest BCUT2D eigenvalue weighted by atomic mass is 35.5. The maximum atomic E-state index is 9.81. The molecule has 2 aliphatic rings. The number of anilines is 2. The van der Waals surface area contributed by atoms with Gasteiger partial charge >= 0.3 is 0 Å². The Kier molecular flexibility index (Phi) is 4.03. The fraction of sp³-hybridized carbons (Fsp3) is 0.412. The van der Waals surface area contributed by atoms with Crippen LogP contribution in [0.15, 0.2) is 18.2 Å². The van der Waals surface area contributed by atoms with Gasteiger partial charge in [-0.05, 0) is 24.8 Å². The maximum absolute atomic E-state index is 9.81. The van der Waals surface area contributed by atoms with Crippen LogP contribution in [0.5, 0.6) is 0 Å². The standard InChI is InChI=1S/C17H19Cl2N5O/c18-11-3-1-2-10(13(11)19)14-15(20)23-16(12(8-25)22-14)24-5-4-17(21)6-9(17)7-24/h1-3,9,25H,4-8,21H2,(H2,20,23). The molecule has 1 aromatic carbocycles. The SMILES string of the molecule is Nc1nc(N2CCC3(N)CC3C2)c(CO)nc1-c1cccc(Cl)c1Cl. The van der Waals surface area contributed by atoms with E-state index in [1.165, 1.54) is 0 Å². The number of aliphatic hydroxyl groups is 1. The van der Waals surface area contributed by atoms with E-state index in [1.807, 2.05) is 0 Å². The molecule has 2 heterocycles. The first-order chi connectivity index (χ1) is 11.9. The lowest BCUT2D eigenvalue weighted by atomic mass is 10.1. The van der Waals surface area contributed by atoms with E-state index in [0.717, 1.165) is 25.9 Å². The lowest BCUT2D eigenvalue weighted by Gasteiger charge is -2.31.